The Balaban J connectivity index is 1.51. The van der Waals surface area contributed by atoms with E-state index in [4.69, 9.17) is 9.94 Å². The Morgan fingerprint density at radius 3 is 2.54 bits per heavy atom. The fraction of sp³-hybridized carbons (Fsp3) is 0.550. The summed E-state index contributed by atoms with van der Waals surface area (Å²) in [7, 11) is 0. The zero-order chi connectivity index (χ0) is 18.9. The summed E-state index contributed by atoms with van der Waals surface area (Å²) in [6.45, 7) is 7.42. The van der Waals surface area contributed by atoms with E-state index >= 15 is 0 Å². The van der Waals surface area contributed by atoms with Crippen LogP contribution in [0.4, 0.5) is 0 Å². The van der Waals surface area contributed by atoms with Crippen molar-refractivity contribution in [3.8, 4) is 0 Å². The van der Waals surface area contributed by atoms with Crippen LogP contribution in [0, 0.1) is 16.7 Å². The monoisotopic (exact) mass is 358 g/mol. The number of hydrogen-bond acceptors (Lipinski definition) is 4. The maximum Gasteiger partial charge on any atom is 0.336 e. The molecule has 2 N–H and O–H groups in total. The predicted molar refractivity (Wildman–Crippen MR) is 98.4 cm³/mol. The topological polar surface area (TPSA) is 88.0 Å². The normalized spacial score (nSPS) is 27.5. The lowest BCUT2D eigenvalue weighted by molar-refractivity contribution is 0.0690. The summed E-state index contributed by atoms with van der Waals surface area (Å²) in [5.41, 5.74) is 1.61. The minimum atomic E-state index is -1.12. The van der Waals surface area contributed by atoms with Crippen LogP contribution in [0.2, 0.25) is 0 Å². The first kappa shape index (κ1) is 18.4. The Morgan fingerprint density at radius 1 is 1.27 bits per heavy atom. The second-order valence-electron chi connectivity index (χ2n) is 7.97. The molecule has 6 heteroatoms. The van der Waals surface area contributed by atoms with Crippen LogP contribution in [-0.4, -0.2) is 35.8 Å². The van der Waals surface area contributed by atoms with Crippen molar-refractivity contribution in [2.24, 2.45) is 21.9 Å². The van der Waals surface area contributed by atoms with E-state index in [0.29, 0.717) is 5.92 Å². The molecule has 1 aromatic rings. The molecule has 1 amide bonds. The number of fused-ring (bicyclic) bond motifs is 2. The molecule has 0 saturated heterocycles. The molecule has 2 bridgehead atoms. The fourth-order valence-corrected chi connectivity index (χ4v) is 4.36. The Kier molecular flexibility index (Phi) is 4.78. The van der Waals surface area contributed by atoms with Crippen LogP contribution in [0.5, 0.6) is 0 Å². The van der Waals surface area contributed by atoms with Gasteiger partial charge in [0.2, 0.25) is 0 Å². The van der Waals surface area contributed by atoms with Crippen molar-refractivity contribution < 1.29 is 19.5 Å². The second-order valence-corrected chi connectivity index (χ2v) is 7.97. The molecule has 0 spiro atoms. The zero-order valence-electron chi connectivity index (χ0n) is 15.5. The van der Waals surface area contributed by atoms with Gasteiger partial charge in [-0.3, -0.25) is 4.79 Å². The Bertz CT molecular complexity index is 756. The van der Waals surface area contributed by atoms with Gasteiger partial charge in [-0.25, -0.2) is 4.79 Å². The van der Waals surface area contributed by atoms with E-state index in [1.807, 2.05) is 0 Å². The molecule has 6 nitrogen and oxygen atoms in total. The molecule has 2 aliphatic rings. The van der Waals surface area contributed by atoms with Gasteiger partial charge in [-0.05, 0) is 42.7 Å². The van der Waals surface area contributed by atoms with Crippen LogP contribution in [0.25, 0.3) is 0 Å². The van der Waals surface area contributed by atoms with E-state index in [1.165, 1.54) is 18.6 Å². The molecule has 3 rings (SSSR count). The summed E-state index contributed by atoms with van der Waals surface area (Å²) in [5, 5.41) is 16.2. The highest BCUT2D eigenvalue weighted by Crippen LogP contribution is 2.63. The van der Waals surface area contributed by atoms with Gasteiger partial charge in [0.15, 0.2) is 0 Å². The summed E-state index contributed by atoms with van der Waals surface area (Å²) >= 11 is 0. The number of amides is 1. The highest BCUT2D eigenvalue weighted by atomic mass is 16.6. The molecule has 2 aliphatic carbocycles. The standard InChI is InChI=1S/C20H26N2O4/c1-19(2)13-8-9-20(19,3)16(12-13)22-26-11-10-21-17(23)14-6-4-5-7-15(14)18(24)25/h4-7,13H,8-12H2,1-3H3,(H,21,23)(H,24,25)/b22-16-. The van der Waals surface area contributed by atoms with Gasteiger partial charge in [-0.15, -0.1) is 0 Å². The van der Waals surface area contributed by atoms with Crippen molar-refractivity contribution in [1.82, 2.24) is 5.32 Å². The molecule has 140 valence electrons. The van der Waals surface area contributed by atoms with Crippen molar-refractivity contribution in [3.05, 3.63) is 35.4 Å². The third kappa shape index (κ3) is 2.97. The van der Waals surface area contributed by atoms with Gasteiger partial charge in [0.05, 0.1) is 23.4 Å². The minimum Gasteiger partial charge on any atom is -0.478 e. The average molecular weight is 358 g/mol. The molecule has 0 aromatic heterocycles. The van der Waals surface area contributed by atoms with Gasteiger partial charge >= 0.3 is 5.97 Å². The van der Waals surface area contributed by atoms with Gasteiger partial charge < -0.3 is 15.3 Å². The number of carbonyl (C=O) groups is 2. The predicted octanol–water partition coefficient (Wildman–Crippen LogP) is 3.33. The number of aromatic carboxylic acids is 1. The Hall–Kier alpha value is -2.37. The number of nitrogens with zero attached hydrogens (tertiary/aromatic N) is 1. The smallest absolute Gasteiger partial charge is 0.336 e. The summed E-state index contributed by atoms with van der Waals surface area (Å²) in [4.78, 5) is 28.8. The van der Waals surface area contributed by atoms with Crippen molar-refractivity contribution in [2.75, 3.05) is 13.2 Å². The Morgan fingerprint density at radius 2 is 1.96 bits per heavy atom. The van der Waals surface area contributed by atoms with Gasteiger partial charge in [-0.1, -0.05) is 38.1 Å². The number of nitrogens with one attached hydrogen (secondary N) is 1. The molecule has 2 atom stereocenters. The number of carbonyl (C=O) groups excluding carboxylic acids is 1. The highest BCUT2D eigenvalue weighted by Gasteiger charge is 2.60. The van der Waals surface area contributed by atoms with Crippen LogP contribution < -0.4 is 5.32 Å². The highest BCUT2D eigenvalue weighted by molar-refractivity contribution is 6.04. The third-order valence-corrected chi connectivity index (χ3v) is 6.57. The quantitative estimate of drug-likeness (QED) is 0.603. The minimum absolute atomic E-state index is 0.0108. The van der Waals surface area contributed by atoms with Crippen molar-refractivity contribution in [3.63, 3.8) is 0 Å². The number of rotatable bonds is 6. The van der Waals surface area contributed by atoms with Crippen LogP contribution >= 0.6 is 0 Å². The van der Waals surface area contributed by atoms with Gasteiger partial charge in [0.1, 0.15) is 6.61 Å². The van der Waals surface area contributed by atoms with E-state index < -0.39 is 11.9 Å². The van der Waals surface area contributed by atoms with Crippen molar-refractivity contribution in [2.45, 2.75) is 40.0 Å². The van der Waals surface area contributed by atoms with Crippen LogP contribution in [0.15, 0.2) is 29.4 Å². The molecule has 0 heterocycles. The molecule has 26 heavy (non-hydrogen) atoms. The molecular formula is C20H26N2O4. The van der Waals surface area contributed by atoms with E-state index in [1.54, 1.807) is 12.1 Å². The molecule has 2 unspecified atom stereocenters. The molecule has 0 aliphatic heterocycles. The van der Waals surface area contributed by atoms with Crippen molar-refractivity contribution >= 4 is 17.6 Å². The van der Waals surface area contributed by atoms with E-state index in [-0.39, 0.29) is 35.1 Å². The van der Waals surface area contributed by atoms with Gasteiger partial charge in [-0.2, -0.15) is 0 Å². The van der Waals surface area contributed by atoms with Crippen LogP contribution in [-0.2, 0) is 4.84 Å². The first-order valence-electron chi connectivity index (χ1n) is 9.07. The number of carboxylic acids is 1. The van der Waals surface area contributed by atoms with Crippen LogP contribution in [0.1, 0.15) is 60.7 Å². The van der Waals surface area contributed by atoms with Gasteiger partial charge in [0.25, 0.3) is 5.91 Å². The third-order valence-electron chi connectivity index (χ3n) is 6.57. The number of hydrogen-bond donors (Lipinski definition) is 2. The summed E-state index contributed by atoms with van der Waals surface area (Å²) in [5.74, 6) is -0.875. The molecule has 1 aromatic carbocycles. The molecule has 2 saturated carbocycles. The first-order chi connectivity index (χ1) is 12.3. The summed E-state index contributed by atoms with van der Waals surface area (Å²) in [6.07, 6.45) is 3.39. The lowest BCUT2D eigenvalue weighted by atomic mass is 9.70. The lowest BCUT2D eigenvalue weighted by Gasteiger charge is -2.34. The van der Waals surface area contributed by atoms with Crippen LogP contribution in [0.3, 0.4) is 0 Å². The molecule has 0 radical (unpaired) electrons. The van der Waals surface area contributed by atoms with E-state index in [9.17, 15) is 9.59 Å². The number of carboxylic acid groups (broad SMARTS) is 1. The summed E-state index contributed by atoms with van der Waals surface area (Å²) < 4.78 is 0. The maximum atomic E-state index is 12.2. The molecule has 2 fully saturated rings. The second kappa shape index (κ2) is 6.74. The average Bonchev–Trinajstić information content (AvgIpc) is 2.94. The fourth-order valence-electron chi connectivity index (χ4n) is 4.36. The van der Waals surface area contributed by atoms with E-state index in [2.05, 4.69) is 31.2 Å². The zero-order valence-corrected chi connectivity index (χ0v) is 15.5. The SMILES string of the molecule is CC12CCC(C/C1=N/OCCNC(=O)c1ccccc1C(=O)O)C2(C)C. The first-order valence-corrected chi connectivity index (χ1v) is 9.07. The number of oxime groups is 1. The lowest BCUT2D eigenvalue weighted by Crippen LogP contribution is -2.33. The van der Waals surface area contributed by atoms with E-state index in [0.717, 1.165) is 18.6 Å². The largest absolute Gasteiger partial charge is 0.478 e. The van der Waals surface area contributed by atoms with Gasteiger partial charge in [0, 0.05) is 5.41 Å². The molecular weight excluding hydrogens is 332 g/mol. The van der Waals surface area contributed by atoms with Crippen molar-refractivity contribution in [1.29, 1.82) is 0 Å². The Labute approximate surface area is 153 Å². The maximum absolute atomic E-state index is 12.2. The summed E-state index contributed by atoms with van der Waals surface area (Å²) in [6, 6.07) is 6.15. The number of benzene rings is 1.